The molecule has 1 unspecified atom stereocenters. The highest BCUT2D eigenvalue weighted by Gasteiger charge is 2.19. The van der Waals surface area contributed by atoms with E-state index in [1.165, 1.54) is 12.8 Å². The van der Waals surface area contributed by atoms with Crippen molar-refractivity contribution < 1.29 is 28.6 Å². The first-order valence-electron chi connectivity index (χ1n) is 25.2. The number of unbranched alkanes of at least 4 members (excludes halogenated alkanes) is 12. The zero-order valence-electron chi connectivity index (χ0n) is 40.7. The zero-order valence-corrected chi connectivity index (χ0v) is 40.7. The topological polar surface area (TPSA) is 78.9 Å². The summed E-state index contributed by atoms with van der Waals surface area (Å²) in [4.78, 5) is 38.0. The number of ether oxygens (including phenoxy) is 3. The number of carbonyl (C=O) groups is 3. The summed E-state index contributed by atoms with van der Waals surface area (Å²) in [6, 6.07) is 0. The number of hydrogen-bond acceptors (Lipinski definition) is 6. The van der Waals surface area contributed by atoms with E-state index in [0.717, 1.165) is 135 Å². The monoisotopic (exact) mass is 883 g/mol. The third kappa shape index (κ3) is 48.6. The molecule has 0 saturated carbocycles. The Bertz CT molecular complexity index is 1430. The van der Waals surface area contributed by atoms with E-state index in [0.29, 0.717) is 19.3 Å². The molecule has 0 heterocycles. The predicted octanol–water partition coefficient (Wildman–Crippen LogP) is 16.7. The van der Waals surface area contributed by atoms with Crippen LogP contribution in [0.15, 0.2) is 134 Å². The molecule has 0 rings (SSSR count). The highest BCUT2D eigenvalue weighted by Crippen LogP contribution is 2.12. The van der Waals surface area contributed by atoms with Crippen LogP contribution in [0.4, 0.5) is 0 Å². The first-order valence-corrected chi connectivity index (χ1v) is 25.2. The van der Waals surface area contributed by atoms with Crippen LogP contribution in [0.25, 0.3) is 0 Å². The molecule has 0 aromatic carbocycles. The number of carbonyl (C=O) groups excluding carboxylic acids is 3. The highest BCUT2D eigenvalue weighted by atomic mass is 16.6. The maximum absolute atomic E-state index is 12.8. The van der Waals surface area contributed by atoms with Gasteiger partial charge in [-0.15, -0.1) is 0 Å². The van der Waals surface area contributed by atoms with Crippen molar-refractivity contribution in [2.75, 3.05) is 13.2 Å². The van der Waals surface area contributed by atoms with Gasteiger partial charge in [0.25, 0.3) is 0 Å². The largest absolute Gasteiger partial charge is 0.462 e. The summed E-state index contributed by atoms with van der Waals surface area (Å²) in [5.74, 6) is -1.02. The Kier molecular flexibility index (Phi) is 47.6. The van der Waals surface area contributed by atoms with Crippen LogP contribution >= 0.6 is 0 Å². The zero-order chi connectivity index (χ0) is 46.5. The fourth-order valence-electron chi connectivity index (χ4n) is 6.25. The summed E-state index contributed by atoms with van der Waals surface area (Å²) in [6.07, 6.45) is 71.5. The molecule has 0 saturated heterocycles. The van der Waals surface area contributed by atoms with Crippen LogP contribution in [0.2, 0.25) is 0 Å². The number of hydrogen-bond donors (Lipinski definition) is 0. The van der Waals surface area contributed by atoms with Gasteiger partial charge in [-0.3, -0.25) is 14.4 Å². The molecule has 1 atom stereocenters. The highest BCUT2D eigenvalue weighted by molar-refractivity contribution is 5.71. The van der Waals surface area contributed by atoms with E-state index >= 15 is 0 Å². The van der Waals surface area contributed by atoms with E-state index in [1.807, 2.05) is 6.08 Å². The van der Waals surface area contributed by atoms with Crippen LogP contribution in [-0.2, 0) is 28.6 Å². The summed E-state index contributed by atoms with van der Waals surface area (Å²) in [5.41, 5.74) is 0. The molecule has 64 heavy (non-hydrogen) atoms. The van der Waals surface area contributed by atoms with Crippen molar-refractivity contribution in [1.82, 2.24) is 0 Å². The Labute approximate surface area is 392 Å². The van der Waals surface area contributed by atoms with Crippen LogP contribution in [0.3, 0.4) is 0 Å². The molecule has 0 aliphatic carbocycles. The molecule has 0 amide bonds. The van der Waals surface area contributed by atoms with Crippen molar-refractivity contribution in [3.63, 3.8) is 0 Å². The molecule has 0 spiro atoms. The second-order valence-electron chi connectivity index (χ2n) is 16.0. The molecule has 6 nitrogen and oxygen atoms in total. The lowest BCUT2D eigenvalue weighted by atomic mass is 10.1. The van der Waals surface area contributed by atoms with Crippen LogP contribution in [-0.4, -0.2) is 37.2 Å². The first-order chi connectivity index (χ1) is 31.5. The number of allylic oxidation sites excluding steroid dienone is 22. The van der Waals surface area contributed by atoms with Gasteiger partial charge in [0.05, 0.1) is 0 Å². The summed E-state index contributed by atoms with van der Waals surface area (Å²) >= 11 is 0. The van der Waals surface area contributed by atoms with Gasteiger partial charge in [-0.2, -0.15) is 0 Å². The Morgan fingerprint density at radius 1 is 0.328 bits per heavy atom. The van der Waals surface area contributed by atoms with Crippen molar-refractivity contribution in [3.05, 3.63) is 134 Å². The van der Waals surface area contributed by atoms with E-state index in [-0.39, 0.29) is 37.5 Å². The average molecular weight is 883 g/mol. The molecular weight excluding hydrogens is 793 g/mol. The summed E-state index contributed by atoms with van der Waals surface area (Å²) in [5, 5.41) is 0. The van der Waals surface area contributed by atoms with Gasteiger partial charge in [-0.25, -0.2) is 0 Å². The van der Waals surface area contributed by atoms with Gasteiger partial charge in [0.2, 0.25) is 0 Å². The Balaban J connectivity index is 4.56. The van der Waals surface area contributed by atoms with Crippen molar-refractivity contribution in [3.8, 4) is 0 Å². The number of esters is 3. The molecule has 0 fully saturated rings. The minimum Gasteiger partial charge on any atom is -0.462 e. The van der Waals surface area contributed by atoms with Crippen LogP contribution in [0, 0.1) is 0 Å². The summed E-state index contributed by atoms with van der Waals surface area (Å²) in [7, 11) is 0. The van der Waals surface area contributed by atoms with Gasteiger partial charge in [-0.1, -0.05) is 199 Å². The summed E-state index contributed by atoms with van der Waals surface area (Å²) in [6.45, 7) is 6.18. The second-order valence-corrected chi connectivity index (χ2v) is 16.0. The van der Waals surface area contributed by atoms with Crippen molar-refractivity contribution >= 4 is 17.9 Å². The van der Waals surface area contributed by atoms with Crippen molar-refractivity contribution in [2.24, 2.45) is 0 Å². The Morgan fingerprint density at radius 3 is 1.11 bits per heavy atom. The van der Waals surface area contributed by atoms with Crippen LogP contribution < -0.4 is 0 Å². The lowest BCUT2D eigenvalue weighted by molar-refractivity contribution is -0.167. The molecule has 0 bridgehead atoms. The van der Waals surface area contributed by atoms with Crippen molar-refractivity contribution in [2.45, 2.75) is 200 Å². The van der Waals surface area contributed by atoms with Gasteiger partial charge < -0.3 is 14.2 Å². The van der Waals surface area contributed by atoms with E-state index in [1.54, 1.807) is 0 Å². The van der Waals surface area contributed by atoms with E-state index in [9.17, 15) is 14.4 Å². The van der Waals surface area contributed by atoms with Gasteiger partial charge in [0.1, 0.15) is 13.2 Å². The molecule has 0 aromatic rings. The minimum absolute atomic E-state index is 0.117. The molecule has 0 aromatic heterocycles. The maximum Gasteiger partial charge on any atom is 0.306 e. The standard InChI is InChI=1S/C58H90O6/c1-4-7-10-13-16-19-22-25-27-29-31-33-36-39-42-45-48-51-57(60)63-54-55(53-62-56(59)50-47-44-41-38-35-32-24-21-18-15-12-9-6-3)64-58(61)52-49-46-43-40-37-34-30-28-26-23-20-17-14-11-8-5-2/h7-12,15-21,24-28,31,33,39,42,55H,4-6,13-14,22-23,29-30,32,34-38,40-41,43-54H2,1-3H3/b10-7+,11-8+,12-9+,18-15+,19-16+,20-17+,24-21+,27-25+,28-26+,33-31+,42-39+. The molecule has 0 N–H and O–H groups in total. The van der Waals surface area contributed by atoms with Gasteiger partial charge >= 0.3 is 17.9 Å². The lowest BCUT2D eigenvalue weighted by Crippen LogP contribution is -2.30. The van der Waals surface area contributed by atoms with Gasteiger partial charge in [-0.05, 0) is 109 Å². The van der Waals surface area contributed by atoms with Gasteiger partial charge in [0, 0.05) is 19.3 Å². The normalized spacial score (nSPS) is 13.2. The molecule has 358 valence electrons. The van der Waals surface area contributed by atoms with Crippen LogP contribution in [0.5, 0.6) is 0 Å². The fraction of sp³-hybridized carbons (Fsp3) is 0.569. The third-order valence-electron chi connectivity index (χ3n) is 9.94. The van der Waals surface area contributed by atoms with E-state index in [2.05, 4.69) is 148 Å². The van der Waals surface area contributed by atoms with Crippen LogP contribution in [0.1, 0.15) is 194 Å². The third-order valence-corrected chi connectivity index (χ3v) is 9.94. The molecule has 0 aliphatic rings. The van der Waals surface area contributed by atoms with E-state index in [4.69, 9.17) is 14.2 Å². The maximum atomic E-state index is 12.8. The average Bonchev–Trinajstić information content (AvgIpc) is 3.29. The van der Waals surface area contributed by atoms with Crippen molar-refractivity contribution in [1.29, 1.82) is 0 Å². The molecule has 6 heteroatoms. The first kappa shape index (κ1) is 59.5. The SMILES string of the molecule is CC/C=C/C=C/C=C/CCCCCCCC(=O)OCC(COC(=O)CCC/C=C/C/C=C/C/C=C/C/C=C/C/C=C/CC)OC(=O)CCCCCCCC/C=C/C/C=C/C/C=C/CC. The Hall–Kier alpha value is -4.45. The number of rotatable bonds is 43. The minimum atomic E-state index is -0.821. The Morgan fingerprint density at radius 2 is 0.656 bits per heavy atom. The second kappa shape index (κ2) is 51.2. The predicted molar refractivity (Wildman–Crippen MR) is 274 cm³/mol. The smallest absolute Gasteiger partial charge is 0.306 e. The molecule has 0 aliphatic heterocycles. The summed E-state index contributed by atoms with van der Waals surface area (Å²) < 4.78 is 16.7. The van der Waals surface area contributed by atoms with E-state index < -0.39 is 6.10 Å². The van der Waals surface area contributed by atoms with Gasteiger partial charge in [0.15, 0.2) is 6.10 Å². The fourth-order valence-corrected chi connectivity index (χ4v) is 6.25. The quantitative estimate of drug-likeness (QED) is 0.0200. The molecular formula is C58H90O6. The lowest BCUT2D eigenvalue weighted by Gasteiger charge is -2.18. The molecule has 0 radical (unpaired) electrons.